The van der Waals surface area contributed by atoms with Gasteiger partial charge < -0.3 is 19.5 Å². The van der Waals surface area contributed by atoms with Crippen LogP contribution in [0.25, 0.3) is 0 Å². The molecular formula is C18H24BClN2O3. The van der Waals surface area contributed by atoms with E-state index in [4.69, 9.17) is 20.9 Å². The second-order valence-corrected chi connectivity index (χ2v) is 7.94. The van der Waals surface area contributed by atoms with Crippen molar-refractivity contribution in [1.82, 2.24) is 4.90 Å². The number of nitrogens with one attached hydrogen (secondary N) is 1. The summed E-state index contributed by atoms with van der Waals surface area (Å²) in [7, 11) is -0.330. The summed E-state index contributed by atoms with van der Waals surface area (Å²) in [4.78, 5) is 14.2. The molecular weight excluding hydrogens is 338 g/mol. The van der Waals surface area contributed by atoms with E-state index in [0.717, 1.165) is 11.9 Å². The van der Waals surface area contributed by atoms with E-state index in [1.807, 2.05) is 45.9 Å². The summed E-state index contributed by atoms with van der Waals surface area (Å²) in [5.41, 5.74) is 1.10. The quantitative estimate of drug-likeness (QED) is 0.805. The summed E-state index contributed by atoms with van der Waals surface area (Å²) in [5, 5.41) is 3.47. The van der Waals surface area contributed by atoms with Crippen LogP contribution in [0, 0.1) is 0 Å². The molecule has 25 heavy (non-hydrogen) atoms. The Morgan fingerprint density at radius 2 is 1.92 bits per heavy atom. The van der Waals surface area contributed by atoms with E-state index in [-0.39, 0.29) is 24.4 Å². The average Bonchev–Trinajstić information content (AvgIpc) is 2.75. The fraction of sp³-hybridized carbons (Fsp3) is 0.500. The summed E-state index contributed by atoms with van der Waals surface area (Å²) >= 11 is 5.95. The van der Waals surface area contributed by atoms with Crippen LogP contribution in [-0.2, 0) is 9.31 Å². The molecule has 1 fully saturated rings. The molecule has 0 bridgehead atoms. The van der Waals surface area contributed by atoms with Crippen LogP contribution in [0.2, 0.25) is 5.02 Å². The standard InChI is InChI=1S/C18H24BClN2O3/c1-17(2)18(3,4)25-19(24-17)13-8-10-22(11-9-13)16(23)21-15-7-5-6-14(20)12-15/h5-8,12H,9-11H2,1-4H3,(H,21,23). The first kappa shape index (κ1) is 18.3. The van der Waals surface area contributed by atoms with Gasteiger partial charge in [0.25, 0.3) is 0 Å². The van der Waals surface area contributed by atoms with Gasteiger partial charge in [-0.25, -0.2) is 4.79 Å². The van der Waals surface area contributed by atoms with Crippen molar-refractivity contribution in [2.75, 3.05) is 18.4 Å². The molecule has 0 aliphatic carbocycles. The van der Waals surface area contributed by atoms with Crippen LogP contribution in [0.15, 0.2) is 35.8 Å². The monoisotopic (exact) mass is 362 g/mol. The number of halogens is 1. The van der Waals surface area contributed by atoms with Gasteiger partial charge in [0, 0.05) is 23.8 Å². The molecule has 7 heteroatoms. The summed E-state index contributed by atoms with van der Waals surface area (Å²) in [6.07, 6.45) is 2.77. The minimum atomic E-state index is -0.348. The summed E-state index contributed by atoms with van der Waals surface area (Å²) < 4.78 is 12.2. The van der Waals surface area contributed by atoms with Crippen molar-refractivity contribution in [1.29, 1.82) is 0 Å². The third-order valence-corrected chi connectivity index (χ3v) is 5.40. The van der Waals surface area contributed by atoms with E-state index in [1.165, 1.54) is 0 Å². The highest BCUT2D eigenvalue weighted by atomic mass is 35.5. The van der Waals surface area contributed by atoms with E-state index < -0.39 is 0 Å². The maximum Gasteiger partial charge on any atom is 0.490 e. The number of hydrogen-bond donors (Lipinski definition) is 1. The summed E-state index contributed by atoms with van der Waals surface area (Å²) in [6, 6.07) is 7.00. The van der Waals surface area contributed by atoms with E-state index in [2.05, 4.69) is 5.32 Å². The molecule has 0 aromatic heterocycles. The van der Waals surface area contributed by atoms with E-state index in [1.54, 1.807) is 17.0 Å². The normalized spacial score (nSPS) is 21.9. The molecule has 1 aromatic carbocycles. The number of nitrogens with zero attached hydrogens (tertiary/aromatic N) is 1. The van der Waals surface area contributed by atoms with Crippen LogP contribution in [0.4, 0.5) is 10.5 Å². The Labute approximate surface area is 154 Å². The van der Waals surface area contributed by atoms with Gasteiger partial charge in [-0.1, -0.05) is 23.7 Å². The van der Waals surface area contributed by atoms with Gasteiger partial charge in [0.15, 0.2) is 0 Å². The molecule has 0 spiro atoms. The maximum absolute atomic E-state index is 12.4. The molecule has 0 unspecified atom stereocenters. The van der Waals surface area contributed by atoms with Gasteiger partial charge in [-0.15, -0.1) is 0 Å². The number of hydrogen-bond acceptors (Lipinski definition) is 3. The van der Waals surface area contributed by atoms with Crippen molar-refractivity contribution in [3.8, 4) is 0 Å². The molecule has 3 rings (SSSR count). The van der Waals surface area contributed by atoms with Gasteiger partial charge in [-0.2, -0.15) is 0 Å². The SMILES string of the molecule is CC1(C)OB(C2=CCN(C(=O)Nc3cccc(Cl)c3)CC2)OC1(C)C. The molecule has 134 valence electrons. The Balaban J connectivity index is 1.60. The van der Waals surface area contributed by atoms with Crippen molar-refractivity contribution >= 4 is 30.4 Å². The Morgan fingerprint density at radius 1 is 1.24 bits per heavy atom. The van der Waals surface area contributed by atoms with Crippen LogP contribution in [0.1, 0.15) is 34.1 Å². The highest BCUT2D eigenvalue weighted by Gasteiger charge is 2.52. The van der Waals surface area contributed by atoms with Crippen LogP contribution >= 0.6 is 11.6 Å². The lowest BCUT2D eigenvalue weighted by atomic mass is 9.75. The number of anilines is 1. The summed E-state index contributed by atoms with van der Waals surface area (Å²) in [6.45, 7) is 9.33. The second kappa shape index (κ2) is 6.67. The van der Waals surface area contributed by atoms with Gasteiger partial charge >= 0.3 is 13.1 Å². The van der Waals surface area contributed by atoms with E-state index >= 15 is 0 Å². The first-order valence-electron chi connectivity index (χ1n) is 8.54. The molecule has 0 atom stereocenters. The van der Waals surface area contributed by atoms with Gasteiger partial charge in [0.2, 0.25) is 0 Å². The highest BCUT2D eigenvalue weighted by Crippen LogP contribution is 2.39. The van der Waals surface area contributed by atoms with Crippen molar-refractivity contribution in [3.05, 3.63) is 40.8 Å². The summed E-state index contributed by atoms with van der Waals surface area (Å²) in [5.74, 6) is 0. The molecule has 2 heterocycles. The Kier molecular flexibility index (Phi) is 4.88. The lowest BCUT2D eigenvalue weighted by molar-refractivity contribution is 0.00578. The zero-order valence-electron chi connectivity index (χ0n) is 15.1. The minimum Gasteiger partial charge on any atom is -0.400 e. The van der Waals surface area contributed by atoms with Crippen molar-refractivity contribution < 1.29 is 14.1 Å². The molecule has 1 N–H and O–H groups in total. The predicted molar refractivity (Wildman–Crippen MR) is 101 cm³/mol. The number of carbonyl (C=O) groups is 1. The van der Waals surface area contributed by atoms with Crippen LogP contribution in [0.5, 0.6) is 0 Å². The van der Waals surface area contributed by atoms with E-state index in [9.17, 15) is 4.79 Å². The molecule has 2 aliphatic heterocycles. The van der Waals surface area contributed by atoms with Crippen LogP contribution in [-0.4, -0.2) is 42.3 Å². The fourth-order valence-electron chi connectivity index (χ4n) is 2.85. The van der Waals surface area contributed by atoms with Crippen molar-refractivity contribution in [2.45, 2.75) is 45.3 Å². The number of amides is 2. The smallest absolute Gasteiger partial charge is 0.400 e. The first-order valence-corrected chi connectivity index (χ1v) is 8.92. The van der Waals surface area contributed by atoms with E-state index in [0.29, 0.717) is 23.8 Å². The largest absolute Gasteiger partial charge is 0.490 e. The third kappa shape index (κ3) is 3.86. The number of rotatable bonds is 2. The lowest BCUT2D eigenvalue weighted by Gasteiger charge is -2.32. The maximum atomic E-state index is 12.4. The number of benzene rings is 1. The molecule has 1 aromatic rings. The van der Waals surface area contributed by atoms with Gasteiger partial charge in [0.05, 0.1) is 11.2 Å². The molecule has 0 saturated carbocycles. The Morgan fingerprint density at radius 3 is 2.48 bits per heavy atom. The lowest BCUT2D eigenvalue weighted by Crippen LogP contribution is -2.41. The van der Waals surface area contributed by atoms with Crippen molar-refractivity contribution in [2.24, 2.45) is 0 Å². The topological polar surface area (TPSA) is 50.8 Å². The van der Waals surface area contributed by atoms with Gasteiger partial charge in [-0.05, 0) is 57.8 Å². The average molecular weight is 363 g/mol. The van der Waals surface area contributed by atoms with Crippen molar-refractivity contribution in [3.63, 3.8) is 0 Å². The second-order valence-electron chi connectivity index (χ2n) is 7.50. The minimum absolute atomic E-state index is 0.133. The Bertz CT molecular complexity index is 689. The number of urea groups is 1. The third-order valence-electron chi connectivity index (χ3n) is 5.16. The molecule has 2 amide bonds. The van der Waals surface area contributed by atoms with Gasteiger partial charge in [0.1, 0.15) is 0 Å². The van der Waals surface area contributed by atoms with Crippen LogP contribution < -0.4 is 5.32 Å². The zero-order chi connectivity index (χ0) is 18.2. The predicted octanol–water partition coefficient (Wildman–Crippen LogP) is 4.14. The fourth-order valence-corrected chi connectivity index (χ4v) is 3.04. The molecule has 5 nitrogen and oxygen atoms in total. The molecule has 0 radical (unpaired) electrons. The molecule has 1 saturated heterocycles. The Hall–Kier alpha value is -1.50. The zero-order valence-corrected chi connectivity index (χ0v) is 15.9. The molecule has 2 aliphatic rings. The van der Waals surface area contributed by atoms with Crippen LogP contribution in [0.3, 0.4) is 0 Å². The van der Waals surface area contributed by atoms with Gasteiger partial charge in [-0.3, -0.25) is 0 Å². The number of carbonyl (C=O) groups excluding carboxylic acids is 1. The highest BCUT2D eigenvalue weighted by molar-refractivity contribution is 6.54. The first-order chi connectivity index (χ1) is 11.7.